The second-order valence-corrected chi connectivity index (χ2v) is 9.69. The Labute approximate surface area is 223 Å². The first-order valence-corrected chi connectivity index (χ1v) is 13.2. The van der Waals surface area contributed by atoms with Crippen molar-refractivity contribution in [2.75, 3.05) is 19.6 Å². The molecule has 3 aromatic carbocycles. The van der Waals surface area contributed by atoms with Crippen LogP contribution in [0.3, 0.4) is 0 Å². The third-order valence-electron chi connectivity index (χ3n) is 7.17. The number of hydrogen-bond donors (Lipinski definition) is 0. The molecule has 2 amide bonds. The van der Waals surface area contributed by atoms with Gasteiger partial charge in [0, 0.05) is 31.5 Å². The van der Waals surface area contributed by atoms with E-state index in [2.05, 4.69) is 4.57 Å². The van der Waals surface area contributed by atoms with Crippen LogP contribution in [0.1, 0.15) is 47.7 Å². The average Bonchev–Trinajstić information content (AvgIpc) is 3.42. The van der Waals surface area contributed by atoms with E-state index in [1.165, 1.54) is 12.1 Å². The maximum absolute atomic E-state index is 14.2. The van der Waals surface area contributed by atoms with Crippen LogP contribution in [-0.4, -0.2) is 45.8 Å². The van der Waals surface area contributed by atoms with Crippen LogP contribution in [0.4, 0.5) is 4.39 Å². The van der Waals surface area contributed by atoms with Gasteiger partial charge in [-0.3, -0.25) is 9.59 Å². The second kappa shape index (κ2) is 11.5. The van der Waals surface area contributed by atoms with Gasteiger partial charge in [0.2, 0.25) is 11.8 Å². The minimum Gasteiger partial charge on any atom is -0.348 e. The molecule has 5 rings (SSSR count). The molecule has 1 aliphatic rings. The molecule has 38 heavy (non-hydrogen) atoms. The molecule has 0 spiro atoms. The van der Waals surface area contributed by atoms with Crippen molar-refractivity contribution in [3.05, 3.63) is 131 Å². The van der Waals surface area contributed by atoms with Crippen LogP contribution in [0.2, 0.25) is 0 Å². The molecular formula is C32H32FN3O2. The van der Waals surface area contributed by atoms with Crippen molar-refractivity contribution in [1.82, 2.24) is 14.4 Å². The zero-order valence-corrected chi connectivity index (χ0v) is 21.5. The van der Waals surface area contributed by atoms with Crippen molar-refractivity contribution in [1.29, 1.82) is 0 Å². The van der Waals surface area contributed by atoms with Crippen molar-refractivity contribution >= 4 is 11.8 Å². The Hall–Kier alpha value is -4.19. The molecule has 0 radical (unpaired) electrons. The van der Waals surface area contributed by atoms with Gasteiger partial charge in [0.25, 0.3) is 0 Å². The summed E-state index contributed by atoms with van der Waals surface area (Å²) in [5, 5.41) is 0. The first kappa shape index (κ1) is 25.5. The third-order valence-corrected chi connectivity index (χ3v) is 7.17. The SMILES string of the molecule is CCCN(CC(=O)N1CCn2cccc2[C@H]1c1cccc(F)c1)C(=O)C(c1ccccc1)c1ccccc1. The molecule has 1 aromatic heterocycles. The van der Waals surface area contributed by atoms with E-state index in [0.29, 0.717) is 19.6 Å². The topological polar surface area (TPSA) is 45.6 Å². The summed E-state index contributed by atoms with van der Waals surface area (Å²) in [6.45, 7) is 3.58. The van der Waals surface area contributed by atoms with E-state index in [1.807, 2.05) is 92.0 Å². The van der Waals surface area contributed by atoms with Gasteiger partial charge < -0.3 is 14.4 Å². The van der Waals surface area contributed by atoms with Crippen LogP contribution in [0, 0.1) is 5.82 Å². The number of fused-ring (bicyclic) bond motifs is 1. The van der Waals surface area contributed by atoms with E-state index in [-0.39, 0.29) is 24.2 Å². The zero-order valence-electron chi connectivity index (χ0n) is 21.5. The highest BCUT2D eigenvalue weighted by atomic mass is 19.1. The number of halogens is 1. The molecule has 0 fully saturated rings. The Balaban J connectivity index is 1.45. The summed E-state index contributed by atoms with van der Waals surface area (Å²) in [7, 11) is 0. The zero-order chi connectivity index (χ0) is 26.5. The maximum atomic E-state index is 14.2. The molecule has 0 bridgehead atoms. The Morgan fingerprint density at radius 3 is 2.21 bits per heavy atom. The van der Waals surface area contributed by atoms with E-state index in [0.717, 1.165) is 28.8 Å². The fourth-order valence-electron chi connectivity index (χ4n) is 5.42. The van der Waals surface area contributed by atoms with E-state index >= 15 is 0 Å². The first-order chi connectivity index (χ1) is 18.6. The van der Waals surface area contributed by atoms with Crippen molar-refractivity contribution in [2.45, 2.75) is 31.8 Å². The van der Waals surface area contributed by atoms with E-state index < -0.39 is 12.0 Å². The Kier molecular flexibility index (Phi) is 7.68. The number of rotatable bonds is 8. The summed E-state index contributed by atoms with van der Waals surface area (Å²) in [6, 6.07) is 29.4. The maximum Gasteiger partial charge on any atom is 0.243 e. The molecule has 2 heterocycles. The van der Waals surface area contributed by atoms with Gasteiger partial charge in [-0.05, 0) is 47.4 Å². The summed E-state index contributed by atoms with van der Waals surface area (Å²) < 4.78 is 16.3. The number of hydrogen-bond acceptors (Lipinski definition) is 2. The van der Waals surface area contributed by atoms with Crippen molar-refractivity contribution in [2.24, 2.45) is 0 Å². The molecule has 5 nitrogen and oxygen atoms in total. The summed E-state index contributed by atoms with van der Waals surface area (Å²) in [6.07, 6.45) is 2.71. The predicted octanol–water partition coefficient (Wildman–Crippen LogP) is 5.63. The molecule has 1 atom stereocenters. The third kappa shape index (κ3) is 5.25. The molecule has 194 valence electrons. The van der Waals surface area contributed by atoms with E-state index in [9.17, 15) is 14.0 Å². The standard InChI is InChI=1S/C32H32FN3O2/c1-2-18-35(32(38)30(24-11-5-3-6-12-24)25-13-7-4-8-14-25)23-29(37)36-21-20-34-19-10-17-28(34)31(36)26-15-9-16-27(33)22-26/h3-17,19,22,30-31H,2,18,20-21,23H2,1H3/t31-/m1/s1. The monoisotopic (exact) mass is 509 g/mol. The molecule has 1 aliphatic heterocycles. The second-order valence-electron chi connectivity index (χ2n) is 9.69. The Morgan fingerprint density at radius 1 is 0.895 bits per heavy atom. The summed E-state index contributed by atoms with van der Waals surface area (Å²) in [4.78, 5) is 31.5. The summed E-state index contributed by atoms with van der Waals surface area (Å²) >= 11 is 0. The molecule has 0 unspecified atom stereocenters. The molecule has 4 aromatic rings. The van der Waals surface area contributed by atoms with Gasteiger partial charge in [0.05, 0.1) is 18.5 Å². The summed E-state index contributed by atoms with van der Waals surface area (Å²) in [5.74, 6) is -1.09. The minimum atomic E-state index is -0.505. The Morgan fingerprint density at radius 2 is 1.58 bits per heavy atom. The van der Waals surface area contributed by atoms with Gasteiger partial charge in [-0.15, -0.1) is 0 Å². The molecule has 0 aliphatic carbocycles. The number of carbonyl (C=O) groups is 2. The van der Waals surface area contributed by atoms with Crippen LogP contribution in [0.15, 0.2) is 103 Å². The molecular weight excluding hydrogens is 477 g/mol. The van der Waals surface area contributed by atoms with Gasteiger partial charge in [0.1, 0.15) is 5.82 Å². The van der Waals surface area contributed by atoms with E-state index in [1.54, 1.807) is 15.9 Å². The van der Waals surface area contributed by atoms with Crippen molar-refractivity contribution < 1.29 is 14.0 Å². The number of amides is 2. The highest BCUT2D eigenvalue weighted by Crippen LogP contribution is 2.33. The fraction of sp³-hybridized carbons (Fsp3) is 0.250. The van der Waals surface area contributed by atoms with Crippen LogP contribution in [0.5, 0.6) is 0 Å². The van der Waals surface area contributed by atoms with Gasteiger partial charge in [-0.25, -0.2) is 4.39 Å². The van der Waals surface area contributed by atoms with Crippen LogP contribution in [0.25, 0.3) is 0 Å². The van der Waals surface area contributed by atoms with Crippen molar-refractivity contribution in [3.63, 3.8) is 0 Å². The fourth-order valence-corrected chi connectivity index (χ4v) is 5.42. The lowest BCUT2D eigenvalue weighted by Crippen LogP contribution is -2.49. The quantitative estimate of drug-likeness (QED) is 0.309. The predicted molar refractivity (Wildman–Crippen MR) is 146 cm³/mol. The number of carbonyl (C=O) groups excluding carboxylic acids is 2. The molecule has 0 N–H and O–H groups in total. The van der Waals surface area contributed by atoms with Gasteiger partial charge in [-0.2, -0.15) is 0 Å². The lowest BCUT2D eigenvalue weighted by Gasteiger charge is -2.39. The first-order valence-electron chi connectivity index (χ1n) is 13.2. The number of aromatic nitrogens is 1. The summed E-state index contributed by atoms with van der Waals surface area (Å²) in [5.41, 5.74) is 3.45. The number of benzene rings is 3. The van der Waals surface area contributed by atoms with Crippen molar-refractivity contribution in [3.8, 4) is 0 Å². The minimum absolute atomic E-state index is 0.0324. The highest BCUT2D eigenvalue weighted by molar-refractivity contribution is 5.91. The normalized spacial score (nSPS) is 14.8. The van der Waals surface area contributed by atoms with Crippen LogP contribution < -0.4 is 0 Å². The number of nitrogens with zero attached hydrogens (tertiary/aromatic N) is 3. The van der Waals surface area contributed by atoms with Gasteiger partial charge in [0.15, 0.2) is 0 Å². The highest BCUT2D eigenvalue weighted by Gasteiger charge is 2.35. The smallest absolute Gasteiger partial charge is 0.243 e. The lowest BCUT2D eigenvalue weighted by molar-refractivity contribution is -0.142. The molecule has 0 saturated carbocycles. The lowest BCUT2D eigenvalue weighted by atomic mass is 9.90. The van der Waals surface area contributed by atoms with E-state index in [4.69, 9.17) is 0 Å². The average molecular weight is 510 g/mol. The van der Waals surface area contributed by atoms with Crippen LogP contribution >= 0.6 is 0 Å². The molecule has 0 saturated heterocycles. The van der Waals surface area contributed by atoms with Gasteiger partial charge in [-0.1, -0.05) is 79.7 Å². The van der Waals surface area contributed by atoms with Gasteiger partial charge >= 0.3 is 0 Å². The Bertz CT molecular complexity index is 1350. The van der Waals surface area contributed by atoms with Crippen LogP contribution in [-0.2, 0) is 16.1 Å². The largest absolute Gasteiger partial charge is 0.348 e. The molecule has 6 heteroatoms.